The quantitative estimate of drug-likeness (QED) is 0.908. The molecule has 1 atom stereocenters. The predicted molar refractivity (Wildman–Crippen MR) is 93.1 cm³/mol. The van der Waals surface area contributed by atoms with Gasteiger partial charge in [0.05, 0.1) is 18.3 Å². The highest BCUT2D eigenvalue weighted by Crippen LogP contribution is 2.17. The van der Waals surface area contributed by atoms with E-state index in [1.807, 2.05) is 53.2 Å². The number of benzene rings is 1. The maximum Gasteiger partial charge on any atom is 0.227 e. The molecule has 23 heavy (non-hydrogen) atoms. The van der Waals surface area contributed by atoms with Gasteiger partial charge in [0.1, 0.15) is 0 Å². The van der Waals surface area contributed by atoms with Crippen molar-refractivity contribution in [3.8, 4) is 5.69 Å². The van der Waals surface area contributed by atoms with E-state index in [0.29, 0.717) is 12.3 Å². The van der Waals surface area contributed by atoms with Crippen LogP contribution in [0.2, 0.25) is 0 Å². The summed E-state index contributed by atoms with van der Waals surface area (Å²) in [6.07, 6.45) is 5.25. The van der Waals surface area contributed by atoms with Gasteiger partial charge in [0.25, 0.3) is 0 Å². The molecular formula is C17H23ClN4O. The van der Waals surface area contributed by atoms with Gasteiger partial charge in [-0.1, -0.05) is 18.2 Å². The number of para-hydroxylation sites is 1. The number of likely N-dealkylation sites (tertiary alicyclic amines) is 1. The van der Waals surface area contributed by atoms with E-state index in [-0.39, 0.29) is 18.3 Å². The summed E-state index contributed by atoms with van der Waals surface area (Å²) < 4.78 is 1.82. The number of aromatic nitrogens is 2. The first-order valence-corrected chi connectivity index (χ1v) is 7.77. The van der Waals surface area contributed by atoms with Crippen LogP contribution >= 0.6 is 12.4 Å². The Morgan fingerprint density at radius 2 is 2.13 bits per heavy atom. The third-order valence-corrected chi connectivity index (χ3v) is 4.14. The van der Waals surface area contributed by atoms with Crippen LogP contribution in [0.15, 0.2) is 42.7 Å². The van der Waals surface area contributed by atoms with Crippen molar-refractivity contribution < 1.29 is 4.79 Å². The van der Waals surface area contributed by atoms with Gasteiger partial charge < -0.3 is 10.2 Å². The number of carbonyl (C=O) groups excluding carboxylic acids is 1. The van der Waals surface area contributed by atoms with Gasteiger partial charge in [-0.25, -0.2) is 4.68 Å². The Balaban J connectivity index is 0.00000192. The first kappa shape index (κ1) is 17.5. The molecule has 0 radical (unpaired) electrons. The van der Waals surface area contributed by atoms with Gasteiger partial charge in [-0.15, -0.1) is 12.4 Å². The first-order valence-electron chi connectivity index (χ1n) is 7.77. The molecule has 2 aromatic rings. The molecule has 124 valence electrons. The Morgan fingerprint density at radius 3 is 2.87 bits per heavy atom. The van der Waals surface area contributed by atoms with E-state index in [1.54, 1.807) is 6.20 Å². The molecule has 6 heteroatoms. The van der Waals surface area contributed by atoms with Crippen LogP contribution in [0.25, 0.3) is 5.69 Å². The van der Waals surface area contributed by atoms with Crippen LogP contribution in [0.4, 0.5) is 0 Å². The Hall–Kier alpha value is -1.85. The molecule has 2 heterocycles. The zero-order valence-electron chi connectivity index (χ0n) is 13.3. The van der Waals surface area contributed by atoms with Crippen LogP contribution in [-0.2, 0) is 11.2 Å². The van der Waals surface area contributed by atoms with E-state index in [2.05, 4.69) is 10.4 Å². The average molecular weight is 335 g/mol. The molecule has 1 unspecified atom stereocenters. The third-order valence-electron chi connectivity index (χ3n) is 4.14. The summed E-state index contributed by atoms with van der Waals surface area (Å²) in [7, 11) is 1.96. The van der Waals surface area contributed by atoms with E-state index in [9.17, 15) is 4.79 Å². The molecular weight excluding hydrogens is 312 g/mol. The summed E-state index contributed by atoms with van der Waals surface area (Å²) in [5.74, 6) is 0.784. The van der Waals surface area contributed by atoms with E-state index in [0.717, 1.165) is 37.3 Å². The highest BCUT2D eigenvalue weighted by atomic mass is 35.5. The number of carbonyl (C=O) groups is 1. The minimum absolute atomic E-state index is 0. The van der Waals surface area contributed by atoms with Gasteiger partial charge in [0.2, 0.25) is 5.91 Å². The number of nitrogens with one attached hydrogen (secondary N) is 1. The summed E-state index contributed by atoms with van der Waals surface area (Å²) in [5, 5.41) is 7.54. The van der Waals surface area contributed by atoms with Crippen LogP contribution in [-0.4, -0.2) is 47.3 Å². The SMILES string of the molecule is CNCC1CCN(C(=O)Cc2cnn(-c3ccccc3)c2)C1.Cl. The van der Waals surface area contributed by atoms with Gasteiger partial charge in [0.15, 0.2) is 0 Å². The Morgan fingerprint density at radius 1 is 1.35 bits per heavy atom. The highest BCUT2D eigenvalue weighted by molar-refractivity contribution is 5.85. The van der Waals surface area contributed by atoms with Crippen molar-refractivity contribution in [2.24, 2.45) is 5.92 Å². The molecule has 1 aliphatic heterocycles. The minimum Gasteiger partial charge on any atom is -0.342 e. The predicted octanol–water partition coefficient (Wildman–Crippen LogP) is 1.90. The van der Waals surface area contributed by atoms with Crippen LogP contribution < -0.4 is 5.32 Å². The molecule has 1 aromatic heterocycles. The first-order chi connectivity index (χ1) is 10.8. The number of hydrogen-bond donors (Lipinski definition) is 1. The van der Waals surface area contributed by atoms with E-state index < -0.39 is 0 Å². The molecule has 5 nitrogen and oxygen atoms in total. The molecule has 3 rings (SSSR count). The number of halogens is 1. The second kappa shape index (κ2) is 8.13. The fourth-order valence-electron chi connectivity index (χ4n) is 2.97. The topological polar surface area (TPSA) is 50.2 Å². The zero-order chi connectivity index (χ0) is 15.4. The maximum absolute atomic E-state index is 12.4. The summed E-state index contributed by atoms with van der Waals surface area (Å²) >= 11 is 0. The number of hydrogen-bond acceptors (Lipinski definition) is 3. The van der Waals surface area contributed by atoms with Crippen molar-refractivity contribution in [3.63, 3.8) is 0 Å². The molecule has 0 bridgehead atoms. The maximum atomic E-state index is 12.4. The lowest BCUT2D eigenvalue weighted by molar-refractivity contribution is -0.129. The summed E-state index contributed by atoms with van der Waals surface area (Å²) in [6.45, 7) is 2.72. The van der Waals surface area contributed by atoms with Crippen molar-refractivity contribution in [2.45, 2.75) is 12.8 Å². The van der Waals surface area contributed by atoms with Crippen LogP contribution in [0, 0.1) is 5.92 Å². The van der Waals surface area contributed by atoms with Crippen molar-refractivity contribution in [2.75, 3.05) is 26.7 Å². The van der Waals surface area contributed by atoms with Gasteiger partial charge in [-0.05, 0) is 43.6 Å². The van der Waals surface area contributed by atoms with Gasteiger partial charge in [0, 0.05) is 19.3 Å². The molecule has 1 aliphatic rings. The molecule has 1 N–H and O–H groups in total. The van der Waals surface area contributed by atoms with Crippen LogP contribution in [0.5, 0.6) is 0 Å². The van der Waals surface area contributed by atoms with Gasteiger partial charge >= 0.3 is 0 Å². The molecule has 0 aliphatic carbocycles. The highest BCUT2D eigenvalue weighted by Gasteiger charge is 2.25. The zero-order valence-corrected chi connectivity index (χ0v) is 14.1. The van der Waals surface area contributed by atoms with E-state index >= 15 is 0 Å². The van der Waals surface area contributed by atoms with Gasteiger partial charge in [-0.3, -0.25) is 4.79 Å². The lowest BCUT2D eigenvalue weighted by Gasteiger charge is -2.16. The summed E-state index contributed by atoms with van der Waals surface area (Å²) in [4.78, 5) is 14.4. The number of nitrogens with zero attached hydrogens (tertiary/aromatic N) is 3. The fraction of sp³-hybridized carbons (Fsp3) is 0.412. The van der Waals surface area contributed by atoms with Crippen molar-refractivity contribution in [3.05, 3.63) is 48.3 Å². The van der Waals surface area contributed by atoms with Gasteiger partial charge in [-0.2, -0.15) is 5.10 Å². The fourth-order valence-corrected chi connectivity index (χ4v) is 2.97. The lowest BCUT2D eigenvalue weighted by atomic mass is 10.1. The number of rotatable bonds is 5. The number of amides is 1. The lowest BCUT2D eigenvalue weighted by Crippen LogP contribution is -2.31. The van der Waals surface area contributed by atoms with Crippen molar-refractivity contribution in [1.29, 1.82) is 0 Å². The molecule has 1 saturated heterocycles. The standard InChI is InChI=1S/C17H22N4O.ClH/c1-18-10-14-7-8-20(12-14)17(22)9-15-11-19-21(13-15)16-5-3-2-4-6-16;/h2-6,11,13-14,18H,7-10,12H2,1H3;1H. The Labute approximate surface area is 143 Å². The monoisotopic (exact) mass is 334 g/mol. The average Bonchev–Trinajstić information content (AvgIpc) is 3.18. The second-order valence-corrected chi connectivity index (χ2v) is 5.86. The third kappa shape index (κ3) is 4.33. The normalized spacial score (nSPS) is 17.1. The molecule has 1 amide bonds. The summed E-state index contributed by atoms with van der Waals surface area (Å²) in [5.41, 5.74) is 1.97. The Bertz CT molecular complexity index is 629. The molecule has 1 fully saturated rings. The Kier molecular flexibility index (Phi) is 6.19. The summed E-state index contributed by atoms with van der Waals surface area (Å²) in [6, 6.07) is 9.94. The van der Waals surface area contributed by atoms with Crippen molar-refractivity contribution in [1.82, 2.24) is 20.0 Å². The van der Waals surface area contributed by atoms with E-state index in [1.165, 1.54) is 0 Å². The largest absolute Gasteiger partial charge is 0.342 e. The molecule has 1 aromatic carbocycles. The minimum atomic E-state index is 0. The van der Waals surface area contributed by atoms with Crippen molar-refractivity contribution >= 4 is 18.3 Å². The molecule has 0 spiro atoms. The smallest absolute Gasteiger partial charge is 0.227 e. The second-order valence-electron chi connectivity index (χ2n) is 5.86. The van der Waals surface area contributed by atoms with Crippen LogP contribution in [0.1, 0.15) is 12.0 Å². The molecule has 0 saturated carbocycles. The van der Waals surface area contributed by atoms with E-state index in [4.69, 9.17) is 0 Å². The van der Waals surface area contributed by atoms with Crippen LogP contribution in [0.3, 0.4) is 0 Å².